The zero-order chi connectivity index (χ0) is 15.4. The van der Waals surface area contributed by atoms with Crippen LogP contribution in [0.15, 0.2) is 47.0 Å². The summed E-state index contributed by atoms with van der Waals surface area (Å²) in [6, 6.07) is 14.9. The summed E-state index contributed by atoms with van der Waals surface area (Å²) in [6.07, 6.45) is 0.986. The third kappa shape index (κ3) is 3.32. The average molecular weight is 296 g/mol. The van der Waals surface area contributed by atoms with Crippen LogP contribution in [0.2, 0.25) is 0 Å². The van der Waals surface area contributed by atoms with Crippen molar-refractivity contribution in [3.8, 4) is 0 Å². The number of fused-ring (bicyclic) bond motifs is 1. The number of hydrogen-bond donors (Lipinski definition) is 1. The summed E-state index contributed by atoms with van der Waals surface area (Å²) in [4.78, 5) is 6.42. The molecule has 0 amide bonds. The molecule has 0 aliphatic heterocycles. The average Bonchev–Trinajstić information content (AvgIpc) is 3.00. The Labute approximate surface area is 129 Å². The van der Waals surface area contributed by atoms with Crippen LogP contribution in [0.3, 0.4) is 0 Å². The summed E-state index contributed by atoms with van der Waals surface area (Å²) in [6.45, 7) is 1.88. The summed E-state index contributed by atoms with van der Waals surface area (Å²) < 4.78 is 5.02. The van der Waals surface area contributed by atoms with Crippen molar-refractivity contribution < 1.29 is 4.52 Å². The Hall–Kier alpha value is -2.24. The second-order valence-corrected chi connectivity index (χ2v) is 5.43. The minimum Gasteiger partial charge on any atom is -0.338 e. The van der Waals surface area contributed by atoms with Gasteiger partial charge in [0.05, 0.1) is 13.1 Å². The van der Waals surface area contributed by atoms with Crippen molar-refractivity contribution in [2.45, 2.75) is 19.5 Å². The van der Waals surface area contributed by atoms with Gasteiger partial charge in [0.2, 0.25) is 5.89 Å². The topological polar surface area (TPSA) is 68.2 Å². The van der Waals surface area contributed by atoms with Gasteiger partial charge >= 0.3 is 0 Å². The molecule has 3 rings (SSSR count). The van der Waals surface area contributed by atoms with Crippen LogP contribution in [0.4, 0.5) is 0 Å². The van der Waals surface area contributed by atoms with Gasteiger partial charge in [0.15, 0.2) is 5.82 Å². The molecular weight excluding hydrogens is 276 g/mol. The van der Waals surface area contributed by atoms with Gasteiger partial charge in [-0.25, -0.2) is 0 Å². The van der Waals surface area contributed by atoms with E-state index in [1.807, 2.05) is 0 Å². The Morgan fingerprint density at radius 3 is 2.77 bits per heavy atom. The summed E-state index contributed by atoms with van der Waals surface area (Å²) >= 11 is 0. The van der Waals surface area contributed by atoms with Gasteiger partial charge in [0.1, 0.15) is 0 Å². The van der Waals surface area contributed by atoms with E-state index in [2.05, 4.69) is 64.6 Å². The van der Waals surface area contributed by atoms with Gasteiger partial charge in [-0.3, -0.25) is 4.90 Å². The smallest absolute Gasteiger partial charge is 0.240 e. The van der Waals surface area contributed by atoms with Crippen LogP contribution in [-0.4, -0.2) is 28.6 Å². The number of hydrogen-bond acceptors (Lipinski definition) is 5. The molecule has 0 atom stereocenters. The second kappa shape index (κ2) is 6.68. The molecule has 0 bridgehead atoms. The molecule has 0 unspecified atom stereocenters. The third-order valence-electron chi connectivity index (χ3n) is 3.74. The third-order valence-corrected chi connectivity index (χ3v) is 3.74. The second-order valence-electron chi connectivity index (χ2n) is 5.43. The Morgan fingerprint density at radius 1 is 1.14 bits per heavy atom. The molecule has 114 valence electrons. The van der Waals surface area contributed by atoms with E-state index in [1.165, 1.54) is 16.3 Å². The zero-order valence-corrected chi connectivity index (χ0v) is 12.7. The fourth-order valence-electron chi connectivity index (χ4n) is 2.58. The van der Waals surface area contributed by atoms with Crippen LogP contribution in [0.1, 0.15) is 17.3 Å². The molecule has 0 saturated carbocycles. The zero-order valence-electron chi connectivity index (χ0n) is 12.7. The standard InChI is InChI=1S/C17H20N4O/c1-21(12-16-19-17(11-18)22-20-16)10-9-14-7-4-6-13-5-2-3-8-15(13)14/h2-8H,9-12,18H2,1H3. The van der Waals surface area contributed by atoms with Crippen LogP contribution in [0.5, 0.6) is 0 Å². The van der Waals surface area contributed by atoms with Crippen molar-refractivity contribution in [2.75, 3.05) is 13.6 Å². The number of rotatable bonds is 6. The SMILES string of the molecule is CN(CCc1cccc2ccccc12)Cc1noc(CN)n1. The molecule has 3 aromatic rings. The van der Waals surface area contributed by atoms with E-state index >= 15 is 0 Å². The molecule has 0 saturated heterocycles. The molecule has 0 spiro atoms. The molecule has 5 heteroatoms. The van der Waals surface area contributed by atoms with Gasteiger partial charge in [-0.2, -0.15) is 4.98 Å². The molecule has 0 fully saturated rings. The molecule has 0 radical (unpaired) electrons. The quantitative estimate of drug-likeness (QED) is 0.756. The summed E-state index contributed by atoms with van der Waals surface area (Å²) in [7, 11) is 2.06. The highest BCUT2D eigenvalue weighted by Crippen LogP contribution is 2.19. The van der Waals surface area contributed by atoms with E-state index in [1.54, 1.807) is 0 Å². The molecule has 0 aliphatic carbocycles. The van der Waals surface area contributed by atoms with Crippen molar-refractivity contribution in [2.24, 2.45) is 5.73 Å². The van der Waals surface area contributed by atoms with Crippen molar-refractivity contribution >= 4 is 10.8 Å². The highest BCUT2D eigenvalue weighted by Gasteiger charge is 2.08. The first-order valence-corrected chi connectivity index (χ1v) is 7.43. The van der Waals surface area contributed by atoms with Crippen molar-refractivity contribution in [3.05, 3.63) is 59.7 Å². The molecule has 22 heavy (non-hydrogen) atoms. The van der Waals surface area contributed by atoms with Crippen LogP contribution in [0, 0.1) is 0 Å². The minimum absolute atomic E-state index is 0.284. The van der Waals surface area contributed by atoms with E-state index in [0.717, 1.165) is 13.0 Å². The lowest BCUT2D eigenvalue weighted by atomic mass is 10.0. The summed E-state index contributed by atoms with van der Waals surface area (Å²) in [5.74, 6) is 1.17. The number of nitrogens with two attached hydrogens (primary N) is 1. The van der Waals surface area contributed by atoms with E-state index in [9.17, 15) is 0 Å². The predicted molar refractivity (Wildman–Crippen MR) is 86.2 cm³/mol. The van der Waals surface area contributed by atoms with Crippen molar-refractivity contribution in [1.29, 1.82) is 0 Å². The van der Waals surface area contributed by atoms with E-state index in [0.29, 0.717) is 18.3 Å². The molecule has 5 nitrogen and oxygen atoms in total. The maximum atomic E-state index is 5.47. The number of benzene rings is 2. The van der Waals surface area contributed by atoms with Gasteiger partial charge < -0.3 is 10.3 Å². The maximum Gasteiger partial charge on any atom is 0.240 e. The lowest BCUT2D eigenvalue weighted by Crippen LogP contribution is -2.21. The largest absolute Gasteiger partial charge is 0.338 e. The van der Waals surface area contributed by atoms with E-state index in [-0.39, 0.29) is 6.54 Å². The van der Waals surface area contributed by atoms with Gasteiger partial charge in [-0.1, -0.05) is 47.6 Å². The fourth-order valence-corrected chi connectivity index (χ4v) is 2.58. The van der Waals surface area contributed by atoms with Crippen molar-refractivity contribution in [1.82, 2.24) is 15.0 Å². The van der Waals surface area contributed by atoms with Crippen LogP contribution >= 0.6 is 0 Å². The molecule has 2 N–H and O–H groups in total. The Morgan fingerprint density at radius 2 is 1.95 bits per heavy atom. The maximum absolute atomic E-state index is 5.47. The van der Waals surface area contributed by atoms with Gasteiger partial charge in [0, 0.05) is 6.54 Å². The fraction of sp³-hybridized carbons (Fsp3) is 0.294. The molecule has 1 aromatic heterocycles. The van der Waals surface area contributed by atoms with Crippen LogP contribution < -0.4 is 5.73 Å². The summed E-state index contributed by atoms with van der Waals surface area (Å²) in [5.41, 5.74) is 6.83. The lowest BCUT2D eigenvalue weighted by molar-refractivity contribution is 0.310. The normalized spacial score (nSPS) is 11.4. The Balaban J connectivity index is 1.63. The highest BCUT2D eigenvalue weighted by atomic mass is 16.5. The molecule has 1 heterocycles. The Bertz CT molecular complexity index is 748. The molecule has 2 aromatic carbocycles. The van der Waals surface area contributed by atoms with Gasteiger partial charge in [0.25, 0.3) is 0 Å². The first kappa shape index (κ1) is 14.7. The van der Waals surface area contributed by atoms with Gasteiger partial charge in [-0.15, -0.1) is 0 Å². The lowest BCUT2D eigenvalue weighted by Gasteiger charge is -2.15. The first-order valence-electron chi connectivity index (χ1n) is 7.43. The Kier molecular flexibility index (Phi) is 4.46. The monoisotopic (exact) mass is 296 g/mol. The minimum atomic E-state index is 0.284. The number of likely N-dealkylation sites (N-methyl/N-ethyl adjacent to an activating group) is 1. The molecular formula is C17H20N4O. The van der Waals surface area contributed by atoms with Crippen LogP contribution in [-0.2, 0) is 19.5 Å². The van der Waals surface area contributed by atoms with E-state index in [4.69, 9.17) is 10.3 Å². The van der Waals surface area contributed by atoms with Crippen molar-refractivity contribution in [3.63, 3.8) is 0 Å². The summed E-state index contributed by atoms with van der Waals surface area (Å²) in [5, 5.41) is 6.53. The van der Waals surface area contributed by atoms with Crippen LogP contribution in [0.25, 0.3) is 10.8 Å². The number of aromatic nitrogens is 2. The predicted octanol–water partition coefficient (Wildman–Crippen LogP) is 2.36. The van der Waals surface area contributed by atoms with E-state index < -0.39 is 0 Å². The number of nitrogens with zero attached hydrogens (tertiary/aromatic N) is 3. The first-order chi connectivity index (χ1) is 10.8. The highest BCUT2D eigenvalue weighted by molar-refractivity contribution is 5.85. The van der Waals surface area contributed by atoms with Gasteiger partial charge in [-0.05, 0) is 29.8 Å². The molecule has 0 aliphatic rings.